The van der Waals surface area contributed by atoms with E-state index in [1.54, 1.807) is 12.1 Å². The van der Waals surface area contributed by atoms with Crippen LogP contribution in [0.15, 0.2) is 24.3 Å². The summed E-state index contributed by atoms with van der Waals surface area (Å²) in [5, 5.41) is 13.0. The summed E-state index contributed by atoms with van der Waals surface area (Å²) in [6.45, 7) is 8.12. The molecular weight excluding hydrogens is 269 g/mol. The van der Waals surface area contributed by atoms with Crippen molar-refractivity contribution in [2.24, 2.45) is 11.8 Å². The molecule has 1 aromatic carbocycles. The van der Waals surface area contributed by atoms with Gasteiger partial charge in [-0.15, -0.1) is 0 Å². The molecule has 3 nitrogen and oxygen atoms in total. The quantitative estimate of drug-likeness (QED) is 0.809. The van der Waals surface area contributed by atoms with E-state index in [2.05, 4.69) is 26.1 Å². The fourth-order valence-corrected chi connectivity index (χ4v) is 2.08. The summed E-state index contributed by atoms with van der Waals surface area (Å²) in [5.74, 6) is 0.486. The van der Waals surface area contributed by atoms with Crippen LogP contribution >= 0.6 is 0 Å². The van der Waals surface area contributed by atoms with E-state index in [9.17, 15) is 14.3 Å². The van der Waals surface area contributed by atoms with Crippen LogP contribution in [0, 0.1) is 17.7 Å². The zero-order chi connectivity index (χ0) is 16.0. The first-order valence-corrected chi connectivity index (χ1v) is 7.52. The highest BCUT2D eigenvalue weighted by Gasteiger charge is 2.17. The molecule has 1 aromatic rings. The number of benzene rings is 1. The van der Waals surface area contributed by atoms with Gasteiger partial charge < -0.3 is 10.4 Å². The Labute approximate surface area is 126 Å². The lowest BCUT2D eigenvalue weighted by Gasteiger charge is -2.20. The SMILES string of the molecule is CC(CC(O)c1ccc(F)cc1)NC(=O)CC(C)C(C)C. The molecule has 0 heterocycles. The van der Waals surface area contributed by atoms with Gasteiger partial charge in [0.2, 0.25) is 5.91 Å². The molecule has 0 spiro atoms. The van der Waals surface area contributed by atoms with Crippen molar-refractivity contribution in [1.82, 2.24) is 5.32 Å². The molecule has 2 N–H and O–H groups in total. The van der Waals surface area contributed by atoms with Gasteiger partial charge in [-0.3, -0.25) is 4.79 Å². The Morgan fingerprint density at radius 2 is 1.76 bits per heavy atom. The lowest BCUT2D eigenvalue weighted by molar-refractivity contribution is -0.123. The highest BCUT2D eigenvalue weighted by molar-refractivity contribution is 5.76. The van der Waals surface area contributed by atoms with Gasteiger partial charge in [0.1, 0.15) is 5.82 Å². The average Bonchev–Trinajstić information content (AvgIpc) is 2.38. The second-order valence-electron chi connectivity index (χ2n) is 6.20. The number of halogens is 1. The molecule has 0 radical (unpaired) electrons. The number of nitrogens with one attached hydrogen (secondary N) is 1. The first kappa shape index (κ1) is 17.6. The molecule has 0 aliphatic heterocycles. The van der Waals surface area contributed by atoms with E-state index in [1.165, 1.54) is 12.1 Å². The van der Waals surface area contributed by atoms with E-state index in [4.69, 9.17) is 0 Å². The zero-order valence-corrected chi connectivity index (χ0v) is 13.3. The van der Waals surface area contributed by atoms with E-state index in [1.807, 2.05) is 6.92 Å². The van der Waals surface area contributed by atoms with Crippen molar-refractivity contribution < 1.29 is 14.3 Å². The molecule has 1 amide bonds. The molecule has 21 heavy (non-hydrogen) atoms. The van der Waals surface area contributed by atoms with Crippen molar-refractivity contribution >= 4 is 5.91 Å². The normalized spacial score (nSPS) is 15.6. The van der Waals surface area contributed by atoms with E-state index < -0.39 is 6.10 Å². The molecule has 0 aromatic heterocycles. The maximum absolute atomic E-state index is 12.8. The molecule has 1 rings (SSSR count). The summed E-state index contributed by atoms with van der Waals surface area (Å²) in [7, 11) is 0. The second kappa shape index (κ2) is 8.13. The number of carbonyl (C=O) groups excluding carboxylic acids is 1. The van der Waals surface area contributed by atoms with Crippen molar-refractivity contribution in [2.75, 3.05) is 0 Å². The lowest BCUT2D eigenvalue weighted by Crippen LogP contribution is -2.35. The van der Waals surface area contributed by atoms with Gasteiger partial charge in [-0.1, -0.05) is 32.9 Å². The molecule has 0 saturated carbocycles. The van der Waals surface area contributed by atoms with Gasteiger partial charge in [-0.25, -0.2) is 4.39 Å². The molecule has 4 heteroatoms. The summed E-state index contributed by atoms with van der Waals surface area (Å²) in [6, 6.07) is 5.65. The third-order valence-electron chi connectivity index (χ3n) is 3.88. The largest absolute Gasteiger partial charge is 0.388 e. The van der Waals surface area contributed by atoms with E-state index in [-0.39, 0.29) is 17.8 Å². The monoisotopic (exact) mass is 295 g/mol. The third-order valence-corrected chi connectivity index (χ3v) is 3.88. The van der Waals surface area contributed by atoms with Gasteiger partial charge in [0.15, 0.2) is 0 Å². The molecule has 3 unspecified atom stereocenters. The van der Waals surface area contributed by atoms with Crippen LogP contribution in [0.25, 0.3) is 0 Å². The predicted octanol–water partition coefficient (Wildman–Crippen LogP) is 3.44. The highest BCUT2D eigenvalue weighted by atomic mass is 19.1. The zero-order valence-electron chi connectivity index (χ0n) is 13.3. The van der Waals surface area contributed by atoms with Crippen LogP contribution in [0.4, 0.5) is 4.39 Å². The van der Waals surface area contributed by atoms with Gasteiger partial charge in [-0.05, 0) is 42.9 Å². The molecule has 0 fully saturated rings. The van der Waals surface area contributed by atoms with Crippen molar-refractivity contribution in [3.8, 4) is 0 Å². The smallest absolute Gasteiger partial charge is 0.220 e. The third kappa shape index (κ3) is 6.25. The number of aliphatic hydroxyl groups is 1. The second-order valence-corrected chi connectivity index (χ2v) is 6.20. The van der Waals surface area contributed by atoms with E-state index in [0.717, 1.165) is 0 Å². The van der Waals surface area contributed by atoms with Crippen LogP contribution in [-0.4, -0.2) is 17.1 Å². The van der Waals surface area contributed by atoms with Crippen LogP contribution < -0.4 is 5.32 Å². The summed E-state index contributed by atoms with van der Waals surface area (Å²) < 4.78 is 12.8. The number of hydrogen-bond acceptors (Lipinski definition) is 2. The van der Waals surface area contributed by atoms with Crippen LogP contribution in [0.1, 0.15) is 52.2 Å². The fourth-order valence-electron chi connectivity index (χ4n) is 2.08. The first-order chi connectivity index (χ1) is 9.79. The standard InChI is InChI=1S/C17H26FNO2/c1-11(2)12(3)9-17(21)19-13(4)10-16(20)14-5-7-15(18)8-6-14/h5-8,11-13,16,20H,9-10H2,1-4H3,(H,19,21). The Bertz CT molecular complexity index is 445. The minimum Gasteiger partial charge on any atom is -0.388 e. The lowest BCUT2D eigenvalue weighted by atomic mass is 9.94. The number of rotatable bonds is 7. The molecule has 0 aliphatic rings. The van der Waals surface area contributed by atoms with Gasteiger partial charge in [0.05, 0.1) is 6.10 Å². The van der Waals surface area contributed by atoms with Crippen molar-refractivity contribution in [2.45, 2.75) is 52.7 Å². The molecule has 0 aliphatic carbocycles. The highest BCUT2D eigenvalue weighted by Crippen LogP contribution is 2.19. The topological polar surface area (TPSA) is 49.3 Å². The molecule has 118 valence electrons. The summed E-state index contributed by atoms with van der Waals surface area (Å²) in [4.78, 5) is 11.9. The first-order valence-electron chi connectivity index (χ1n) is 7.52. The van der Waals surface area contributed by atoms with Gasteiger partial charge in [0, 0.05) is 12.5 Å². The van der Waals surface area contributed by atoms with Crippen molar-refractivity contribution in [1.29, 1.82) is 0 Å². The summed E-state index contributed by atoms with van der Waals surface area (Å²) >= 11 is 0. The Hall–Kier alpha value is -1.42. The van der Waals surface area contributed by atoms with Gasteiger partial charge >= 0.3 is 0 Å². The Morgan fingerprint density at radius 1 is 1.19 bits per heavy atom. The number of carbonyl (C=O) groups is 1. The maximum Gasteiger partial charge on any atom is 0.220 e. The fraction of sp³-hybridized carbons (Fsp3) is 0.588. The minimum atomic E-state index is -0.705. The van der Waals surface area contributed by atoms with Gasteiger partial charge in [-0.2, -0.15) is 0 Å². The van der Waals surface area contributed by atoms with Gasteiger partial charge in [0.25, 0.3) is 0 Å². The number of aliphatic hydroxyl groups excluding tert-OH is 1. The molecule has 0 bridgehead atoms. The Kier molecular flexibility index (Phi) is 6.82. The molecule has 0 saturated heterocycles. The van der Waals surface area contributed by atoms with Crippen LogP contribution in [0.5, 0.6) is 0 Å². The van der Waals surface area contributed by atoms with E-state index >= 15 is 0 Å². The summed E-state index contributed by atoms with van der Waals surface area (Å²) in [6.07, 6.45) is 0.200. The van der Waals surface area contributed by atoms with Crippen molar-refractivity contribution in [3.63, 3.8) is 0 Å². The van der Waals surface area contributed by atoms with Crippen LogP contribution in [0.3, 0.4) is 0 Å². The summed E-state index contributed by atoms with van der Waals surface area (Å²) in [5.41, 5.74) is 0.660. The number of hydrogen-bond donors (Lipinski definition) is 2. The Balaban J connectivity index is 2.44. The minimum absolute atomic E-state index is 0.00926. The number of amides is 1. The van der Waals surface area contributed by atoms with Crippen LogP contribution in [-0.2, 0) is 4.79 Å². The maximum atomic E-state index is 12.8. The predicted molar refractivity (Wildman–Crippen MR) is 82.2 cm³/mol. The molecular formula is C17H26FNO2. The Morgan fingerprint density at radius 3 is 2.29 bits per heavy atom. The van der Waals surface area contributed by atoms with Crippen molar-refractivity contribution in [3.05, 3.63) is 35.6 Å². The molecule has 3 atom stereocenters. The van der Waals surface area contributed by atoms with E-state index in [0.29, 0.717) is 30.2 Å². The van der Waals surface area contributed by atoms with Crippen LogP contribution in [0.2, 0.25) is 0 Å². The average molecular weight is 295 g/mol.